The van der Waals surface area contributed by atoms with Gasteiger partial charge in [-0.15, -0.1) is 0 Å². The number of anilines is 1. The molecular weight excluding hydrogens is 352 g/mol. The molecule has 28 heavy (non-hydrogen) atoms. The van der Waals surface area contributed by atoms with Crippen molar-refractivity contribution in [3.8, 4) is 0 Å². The van der Waals surface area contributed by atoms with E-state index >= 15 is 0 Å². The summed E-state index contributed by atoms with van der Waals surface area (Å²) in [5, 5.41) is 6.45. The average Bonchev–Trinajstić information content (AvgIpc) is 3.45. The largest absolute Gasteiger partial charge is 0.352 e. The second-order valence-corrected chi connectivity index (χ2v) is 7.85. The molecule has 1 aliphatic heterocycles. The lowest BCUT2D eigenvalue weighted by atomic mass is 9.92. The predicted molar refractivity (Wildman–Crippen MR) is 108 cm³/mol. The second-order valence-electron chi connectivity index (χ2n) is 7.85. The Bertz CT molecular complexity index is 845. The molecule has 2 amide bonds. The normalized spacial score (nSPS) is 19.8. The molecule has 2 heterocycles. The van der Waals surface area contributed by atoms with E-state index in [1.165, 1.54) is 0 Å². The molecular formula is C22H26N4O2. The number of carbonyl (C=O) groups is 2. The number of rotatable bonds is 5. The van der Waals surface area contributed by atoms with Crippen molar-refractivity contribution in [2.45, 2.75) is 25.8 Å². The van der Waals surface area contributed by atoms with Crippen LogP contribution in [0.15, 0.2) is 48.8 Å². The molecule has 1 aromatic heterocycles. The van der Waals surface area contributed by atoms with E-state index in [4.69, 9.17) is 0 Å². The van der Waals surface area contributed by atoms with Crippen molar-refractivity contribution >= 4 is 17.5 Å². The van der Waals surface area contributed by atoms with Crippen LogP contribution in [0.2, 0.25) is 0 Å². The first-order valence-electron chi connectivity index (χ1n) is 9.84. The van der Waals surface area contributed by atoms with E-state index in [9.17, 15) is 9.59 Å². The van der Waals surface area contributed by atoms with Gasteiger partial charge in [-0.3, -0.25) is 14.6 Å². The second kappa shape index (κ2) is 7.72. The Kier molecular flexibility index (Phi) is 5.13. The number of carbonyl (C=O) groups excluding carboxylic acids is 2. The SMILES string of the molecule is CN(C(=O)c1ccncc1)c1ccc(CNC(=O)C2CC23CCNCC3)cc1. The summed E-state index contributed by atoms with van der Waals surface area (Å²) in [6.45, 7) is 2.57. The van der Waals surface area contributed by atoms with Gasteiger partial charge in [0.25, 0.3) is 5.91 Å². The Morgan fingerprint density at radius 2 is 1.82 bits per heavy atom. The predicted octanol–water partition coefficient (Wildman–Crippen LogP) is 2.36. The minimum atomic E-state index is -0.0792. The highest BCUT2D eigenvalue weighted by atomic mass is 16.2. The molecule has 1 aliphatic carbocycles. The van der Waals surface area contributed by atoms with Crippen molar-refractivity contribution in [3.63, 3.8) is 0 Å². The molecule has 6 nitrogen and oxygen atoms in total. The summed E-state index contributed by atoms with van der Waals surface area (Å²) in [7, 11) is 1.76. The van der Waals surface area contributed by atoms with Crippen molar-refractivity contribution < 1.29 is 9.59 Å². The van der Waals surface area contributed by atoms with E-state index in [0.29, 0.717) is 12.1 Å². The Hall–Kier alpha value is -2.73. The lowest BCUT2D eigenvalue weighted by Gasteiger charge is -2.23. The number of nitrogens with zero attached hydrogens (tertiary/aromatic N) is 2. The van der Waals surface area contributed by atoms with Gasteiger partial charge in [0.15, 0.2) is 0 Å². The minimum absolute atomic E-state index is 0.0792. The van der Waals surface area contributed by atoms with Gasteiger partial charge in [-0.1, -0.05) is 12.1 Å². The fourth-order valence-electron chi connectivity index (χ4n) is 4.15. The maximum atomic E-state index is 12.5. The van der Waals surface area contributed by atoms with E-state index in [-0.39, 0.29) is 23.1 Å². The van der Waals surface area contributed by atoms with Crippen LogP contribution in [0, 0.1) is 11.3 Å². The van der Waals surface area contributed by atoms with Gasteiger partial charge in [0.1, 0.15) is 0 Å². The van der Waals surface area contributed by atoms with Gasteiger partial charge in [-0.05, 0) is 67.6 Å². The monoisotopic (exact) mass is 378 g/mol. The minimum Gasteiger partial charge on any atom is -0.352 e. The van der Waals surface area contributed by atoms with Crippen molar-refractivity contribution in [2.75, 3.05) is 25.0 Å². The summed E-state index contributed by atoms with van der Waals surface area (Å²) in [6, 6.07) is 11.1. The van der Waals surface area contributed by atoms with Gasteiger partial charge in [-0.25, -0.2) is 0 Å². The number of hydrogen-bond acceptors (Lipinski definition) is 4. The van der Waals surface area contributed by atoms with Crippen molar-refractivity contribution in [2.24, 2.45) is 11.3 Å². The van der Waals surface area contributed by atoms with Crippen LogP contribution in [0.5, 0.6) is 0 Å². The molecule has 1 saturated heterocycles. The first-order chi connectivity index (χ1) is 13.6. The first-order valence-corrected chi connectivity index (χ1v) is 9.84. The molecule has 2 aromatic rings. The standard InChI is InChI=1S/C22H26N4O2/c1-26(21(28)17-6-10-23-11-7-17)18-4-2-16(3-5-18)15-25-20(27)19-14-22(19)8-12-24-13-9-22/h2-7,10-11,19,24H,8-9,12-15H2,1H3,(H,25,27). The summed E-state index contributed by atoms with van der Waals surface area (Å²) in [6.07, 6.45) is 6.47. The van der Waals surface area contributed by atoms with Gasteiger partial charge in [0.05, 0.1) is 0 Å². The van der Waals surface area contributed by atoms with Crippen LogP contribution in [-0.2, 0) is 11.3 Å². The average molecular weight is 378 g/mol. The zero-order valence-electron chi connectivity index (χ0n) is 16.1. The Labute approximate surface area is 165 Å². The highest BCUT2D eigenvalue weighted by Crippen LogP contribution is 2.58. The van der Waals surface area contributed by atoms with E-state index < -0.39 is 0 Å². The van der Waals surface area contributed by atoms with Crippen LogP contribution in [0.1, 0.15) is 35.2 Å². The molecule has 2 fully saturated rings. The summed E-state index contributed by atoms with van der Waals surface area (Å²) in [4.78, 5) is 30.6. The van der Waals surface area contributed by atoms with Gasteiger partial charge < -0.3 is 15.5 Å². The maximum Gasteiger partial charge on any atom is 0.258 e. The van der Waals surface area contributed by atoms with Crippen molar-refractivity contribution in [1.82, 2.24) is 15.6 Å². The van der Waals surface area contributed by atoms with Gasteiger partial charge in [-0.2, -0.15) is 0 Å². The van der Waals surface area contributed by atoms with E-state index in [2.05, 4.69) is 15.6 Å². The molecule has 146 valence electrons. The van der Waals surface area contributed by atoms with Crippen LogP contribution in [-0.4, -0.2) is 36.9 Å². The quantitative estimate of drug-likeness (QED) is 0.838. The lowest BCUT2D eigenvalue weighted by molar-refractivity contribution is -0.123. The topological polar surface area (TPSA) is 74.3 Å². The number of hydrogen-bond donors (Lipinski definition) is 2. The zero-order valence-corrected chi connectivity index (χ0v) is 16.1. The molecule has 0 radical (unpaired) electrons. The number of piperidine rings is 1. The van der Waals surface area contributed by atoms with Gasteiger partial charge >= 0.3 is 0 Å². The number of pyridine rings is 1. The molecule has 2 N–H and O–H groups in total. The van der Waals surface area contributed by atoms with Gasteiger partial charge in [0, 0.05) is 43.2 Å². The van der Waals surface area contributed by atoms with E-state index in [1.54, 1.807) is 36.5 Å². The lowest BCUT2D eigenvalue weighted by Crippen LogP contribution is -2.33. The van der Waals surface area contributed by atoms with Crippen LogP contribution < -0.4 is 15.5 Å². The zero-order chi connectivity index (χ0) is 19.6. The van der Waals surface area contributed by atoms with Crippen LogP contribution in [0.4, 0.5) is 5.69 Å². The molecule has 1 unspecified atom stereocenters. The van der Waals surface area contributed by atoms with Crippen molar-refractivity contribution in [3.05, 3.63) is 59.9 Å². The molecule has 1 atom stereocenters. The van der Waals surface area contributed by atoms with Gasteiger partial charge in [0.2, 0.25) is 5.91 Å². The summed E-state index contributed by atoms with van der Waals surface area (Å²) >= 11 is 0. The first kappa shape index (κ1) is 18.6. The molecule has 1 spiro atoms. The molecule has 0 bridgehead atoms. The highest BCUT2D eigenvalue weighted by molar-refractivity contribution is 6.05. The molecule has 1 saturated carbocycles. The fourth-order valence-corrected chi connectivity index (χ4v) is 4.15. The summed E-state index contributed by atoms with van der Waals surface area (Å²) in [5.74, 6) is 0.276. The Morgan fingerprint density at radius 1 is 1.14 bits per heavy atom. The van der Waals surface area contributed by atoms with Crippen LogP contribution >= 0.6 is 0 Å². The van der Waals surface area contributed by atoms with E-state index in [0.717, 1.165) is 43.6 Å². The third-order valence-electron chi connectivity index (χ3n) is 6.13. The van der Waals surface area contributed by atoms with Crippen molar-refractivity contribution in [1.29, 1.82) is 0 Å². The third kappa shape index (κ3) is 3.78. The number of aromatic nitrogens is 1. The highest BCUT2D eigenvalue weighted by Gasteiger charge is 2.57. The van der Waals surface area contributed by atoms with Crippen LogP contribution in [0.3, 0.4) is 0 Å². The maximum absolute atomic E-state index is 12.5. The molecule has 2 aliphatic rings. The Balaban J connectivity index is 1.31. The number of benzene rings is 1. The Morgan fingerprint density at radius 3 is 2.50 bits per heavy atom. The summed E-state index contributed by atoms with van der Waals surface area (Å²) in [5.41, 5.74) is 2.70. The summed E-state index contributed by atoms with van der Waals surface area (Å²) < 4.78 is 0. The fraction of sp³-hybridized carbons (Fsp3) is 0.409. The number of amides is 2. The number of nitrogens with one attached hydrogen (secondary N) is 2. The van der Waals surface area contributed by atoms with E-state index in [1.807, 2.05) is 24.3 Å². The smallest absolute Gasteiger partial charge is 0.258 e. The molecule has 1 aromatic carbocycles. The third-order valence-corrected chi connectivity index (χ3v) is 6.13. The molecule has 6 heteroatoms. The molecule has 4 rings (SSSR count). The van der Waals surface area contributed by atoms with Crippen LogP contribution in [0.25, 0.3) is 0 Å².